The highest BCUT2D eigenvalue weighted by Crippen LogP contribution is 2.43. The number of benzene rings is 3. The normalized spacial score (nSPS) is 10.4. The van der Waals surface area contributed by atoms with Crippen LogP contribution < -0.4 is 20.1 Å². The van der Waals surface area contributed by atoms with Gasteiger partial charge in [-0.25, -0.2) is 4.79 Å². The molecule has 3 rings (SSSR count). The number of hydrogen-bond acceptors (Lipinski definition) is 4. The lowest BCUT2D eigenvalue weighted by atomic mass is 10.2. The van der Waals surface area contributed by atoms with E-state index in [0.29, 0.717) is 5.75 Å². The van der Waals surface area contributed by atoms with Crippen LogP contribution in [0.3, 0.4) is 0 Å². The zero-order valence-corrected chi connectivity index (χ0v) is 17.2. The summed E-state index contributed by atoms with van der Waals surface area (Å²) in [5.74, 6) is -0.0563. The Labute approximate surface area is 171 Å². The van der Waals surface area contributed by atoms with Crippen LogP contribution in [-0.4, -0.2) is 18.6 Å². The van der Waals surface area contributed by atoms with E-state index in [1.165, 1.54) is 7.11 Å². The van der Waals surface area contributed by atoms with E-state index in [1.54, 1.807) is 25.1 Å². The molecule has 0 N–H and O–H groups in total. The third kappa shape index (κ3) is 4.61. The molecule has 3 aromatic rings. The van der Waals surface area contributed by atoms with Crippen molar-refractivity contribution in [1.82, 2.24) is 0 Å². The summed E-state index contributed by atoms with van der Waals surface area (Å²) in [7, 11) is 0.0904. The Morgan fingerprint density at radius 2 is 1.31 bits per heavy atom. The van der Waals surface area contributed by atoms with Crippen LogP contribution >= 0.6 is 7.92 Å². The maximum Gasteiger partial charge on any atom is 0.338 e. The molecule has 0 aliphatic carbocycles. The van der Waals surface area contributed by atoms with Gasteiger partial charge in [0.15, 0.2) is 0 Å². The maximum absolute atomic E-state index is 13.8. The van der Waals surface area contributed by atoms with Crippen molar-refractivity contribution in [1.29, 1.82) is 0 Å². The molecule has 0 radical (unpaired) electrons. The molecule has 146 valence electrons. The third-order valence-electron chi connectivity index (χ3n) is 4.20. The van der Waals surface area contributed by atoms with Crippen LogP contribution in [0.4, 0.5) is 0 Å². The van der Waals surface area contributed by atoms with E-state index in [9.17, 15) is 9.59 Å². The highest BCUT2D eigenvalue weighted by atomic mass is 31.1. The summed E-state index contributed by atoms with van der Waals surface area (Å²) in [4.78, 5) is 26.0. The Kier molecular flexibility index (Phi) is 6.58. The van der Waals surface area contributed by atoms with Crippen molar-refractivity contribution in [3.8, 4) is 11.5 Å². The van der Waals surface area contributed by atoms with E-state index in [4.69, 9.17) is 9.47 Å². The van der Waals surface area contributed by atoms with Gasteiger partial charge in [-0.1, -0.05) is 73.3 Å². The third-order valence-corrected chi connectivity index (χ3v) is 6.46. The van der Waals surface area contributed by atoms with Crippen molar-refractivity contribution in [2.24, 2.45) is 0 Å². The van der Waals surface area contributed by atoms with Crippen molar-refractivity contribution >= 4 is 30.0 Å². The second-order valence-electron chi connectivity index (χ2n) is 6.31. The van der Waals surface area contributed by atoms with Gasteiger partial charge in [0.25, 0.3) is 0 Å². The minimum atomic E-state index is -1.40. The first kappa shape index (κ1) is 20.5. The zero-order valence-electron chi connectivity index (χ0n) is 16.3. The standard InChI is InChI=1S/C24H21O4P/c1-17(2)23(25)28-21-16-10-15-20(27-3)22(21)24(26)29(18-11-6-4-7-12-18)19-13-8-5-9-14-19/h4-16H,1H2,2-3H3. The van der Waals surface area contributed by atoms with Crippen molar-refractivity contribution in [3.63, 3.8) is 0 Å². The average molecular weight is 404 g/mol. The maximum atomic E-state index is 13.8. The number of carbonyl (C=O) groups is 2. The molecule has 0 saturated heterocycles. The second kappa shape index (κ2) is 9.31. The predicted molar refractivity (Wildman–Crippen MR) is 117 cm³/mol. The van der Waals surface area contributed by atoms with E-state index >= 15 is 0 Å². The van der Waals surface area contributed by atoms with Crippen LogP contribution in [0.5, 0.6) is 11.5 Å². The molecule has 0 fully saturated rings. The Hall–Kier alpha value is -3.23. The summed E-state index contributed by atoms with van der Waals surface area (Å²) in [5, 5.41) is 1.81. The van der Waals surface area contributed by atoms with Gasteiger partial charge in [0, 0.05) is 13.5 Å². The molecule has 0 amide bonds. The number of ether oxygens (including phenoxy) is 2. The lowest BCUT2D eigenvalue weighted by Gasteiger charge is -2.20. The monoisotopic (exact) mass is 404 g/mol. The molecule has 29 heavy (non-hydrogen) atoms. The van der Waals surface area contributed by atoms with E-state index in [0.717, 1.165) is 10.6 Å². The molecule has 5 heteroatoms. The van der Waals surface area contributed by atoms with Gasteiger partial charge in [-0.2, -0.15) is 0 Å². The minimum absolute atomic E-state index is 0.153. The van der Waals surface area contributed by atoms with Gasteiger partial charge in [0.1, 0.15) is 17.1 Å². The van der Waals surface area contributed by atoms with Crippen LogP contribution in [0.15, 0.2) is 91.0 Å². The fraction of sp³-hybridized carbons (Fsp3) is 0.0833. The van der Waals surface area contributed by atoms with Gasteiger partial charge >= 0.3 is 5.97 Å². The Morgan fingerprint density at radius 3 is 1.79 bits per heavy atom. The molecule has 0 heterocycles. The summed E-state index contributed by atoms with van der Waals surface area (Å²) in [6.45, 7) is 5.17. The molecule has 0 aliphatic heterocycles. The van der Waals surface area contributed by atoms with Gasteiger partial charge in [-0.05, 0) is 29.7 Å². The molecule has 0 spiro atoms. The second-order valence-corrected chi connectivity index (χ2v) is 8.42. The van der Waals surface area contributed by atoms with Crippen LogP contribution in [-0.2, 0) is 4.79 Å². The molecule has 3 aromatic carbocycles. The average Bonchev–Trinajstić information content (AvgIpc) is 2.75. The predicted octanol–water partition coefficient (Wildman–Crippen LogP) is 4.45. The van der Waals surface area contributed by atoms with Gasteiger partial charge in [-0.3, -0.25) is 4.79 Å². The lowest BCUT2D eigenvalue weighted by Crippen LogP contribution is -2.20. The lowest BCUT2D eigenvalue weighted by molar-refractivity contribution is -0.130. The van der Waals surface area contributed by atoms with E-state index in [-0.39, 0.29) is 22.4 Å². The highest BCUT2D eigenvalue weighted by molar-refractivity contribution is 7.88. The molecular weight excluding hydrogens is 383 g/mol. The van der Waals surface area contributed by atoms with Crippen molar-refractivity contribution in [2.45, 2.75) is 6.92 Å². The smallest absolute Gasteiger partial charge is 0.338 e. The molecule has 0 aliphatic rings. The largest absolute Gasteiger partial charge is 0.496 e. The zero-order chi connectivity index (χ0) is 20.8. The first-order valence-electron chi connectivity index (χ1n) is 9.02. The number of rotatable bonds is 7. The quantitative estimate of drug-likeness (QED) is 0.253. The molecule has 0 atom stereocenters. The molecule has 4 nitrogen and oxygen atoms in total. The fourth-order valence-electron chi connectivity index (χ4n) is 2.81. The van der Waals surface area contributed by atoms with Gasteiger partial charge < -0.3 is 9.47 Å². The molecular formula is C24H21O4P. The molecule has 0 saturated carbocycles. The molecule has 0 bridgehead atoms. The topological polar surface area (TPSA) is 52.6 Å². The van der Waals surface area contributed by atoms with E-state index in [1.807, 2.05) is 60.7 Å². The summed E-state index contributed by atoms with van der Waals surface area (Å²) in [6, 6.07) is 24.2. The van der Waals surface area contributed by atoms with Crippen molar-refractivity contribution in [2.75, 3.05) is 7.11 Å². The van der Waals surface area contributed by atoms with Gasteiger partial charge in [0.2, 0.25) is 5.52 Å². The van der Waals surface area contributed by atoms with Gasteiger partial charge in [0.05, 0.1) is 7.11 Å². The number of hydrogen-bond donors (Lipinski definition) is 0. The summed E-state index contributed by atoms with van der Waals surface area (Å²) >= 11 is 0. The Balaban J connectivity index is 2.15. The highest BCUT2D eigenvalue weighted by Gasteiger charge is 2.29. The number of carbonyl (C=O) groups excluding carboxylic acids is 2. The Morgan fingerprint density at radius 1 is 0.793 bits per heavy atom. The minimum Gasteiger partial charge on any atom is -0.496 e. The van der Waals surface area contributed by atoms with Gasteiger partial charge in [-0.15, -0.1) is 0 Å². The molecule has 0 aromatic heterocycles. The summed E-state index contributed by atoms with van der Waals surface area (Å²) in [5.41, 5.74) is 0.349. The summed E-state index contributed by atoms with van der Waals surface area (Å²) < 4.78 is 10.9. The number of esters is 1. The first-order valence-corrected chi connectivity index (χ1v) is 10.4. The van der Waals surface area contributed by atoms with Crippen LogP contribution in [0.2, 0.25) is 0 Å². The fourth-order valence-corrected chi connectivity index (χ4v) is 4.97. The van der Waals surface area contributed by atoms with Crippen LogP contribution in [0.1, 0.15) is 17.3 Å². The van der Waals surface area contributed by atoms with E-state index in [2.05, 4.69) is 6.58 Å². The first-order chi connectivity index (χ1) is 14.0. The van der Waals surface area contributed by atoms with Crippen molar-refractivity contribution < 1.29 is 19.1 Å². The SMILES string of the molecule is C=C(C)C(=O)Oc1cccc(OC)c1C(=O)P(c1ccccc1)c1ccccc1. The van der Waals surface area contributed by atoms with Crippen molar-refractivity contribution in [3.05, 3.63) is 96.6 Å². The summed E-state index contributed by atoms with van der Waals surface area (Å²) in [6.07, 6.45) is 0. The van der Waals surface area contributed by atoms with E-state index < -0.39 is 13.9 Å². The van der Waals surface area contributed by atoms with Crippen LogP contribution in [0, 0.1) is 0 Å². The van der Waals surface area contributed by atoms with Crippen LogP contribution in [0.25, 0.3) is 0 Å². The Bertz CT molecular complexity index is 990. The number of methoxy groups -OCH3 is 1. The molecule has 0 unspecified atom stereocenters.